The molecule has 0 aliphatic heterocycles. The summed E-state index contributed by atoms with van der Waals surface area (Å²) >= 11 is 0. The van der Waals surface area contributed by atoms with Gasteiger partial charge in [0.05, 0.1) is 0 Å². The minimum atomic E-state index is 0. The van der Waals surface area contributed by atoms with Gasteiger partial charge >= 0.3 is 0 Å². The molecule has 0 saturated heterocycles. The molecule has 1 aromatic heterocycles. The predicted octanol–water partition coefficient (Wildman–Crippen LogP) is 0.729. The van der Waals surface area contributed by atoms with Gasteiger partial charge in [-0.3, -0.25) is 0 Å². The molecular formula is C14H24FN. The van der Waals surface area contributed by atoms with E-state index in [2.05, 4.69) is 42.1 Å². The van der Waals surface area contributed by atoms with E-state index in [1.807, 2.05) is 0 Å². The number of unbranched alkanes of at least 4 members (excludes halogenated alkanes) is 6. The third kappa shape index (κ3) is 7.38. The Kier molecular flexibility index (Phi) is 9.98. The summed E-state index contributed by atoms with van der Waals surface area (Å²) in [6, 6.07) is 6.27. The highest BCUT2D eigenvalue weighted by Gasteiger charge is 1.97. The standard InChI is InChI=1S/C14H24N.FH/c1-2-3-4-5-6-7-9-12-15-13-10-8-11-14-15;/h8,10-11,13-14H,2-7,9,12H2,1H3;1H/q+1;/p-1. The molecule has 0 unspecified atom stereocenters. The lowest BCUT2D eigenvalue weighted by atomic mass is 10.1. The van der Waals surface area contributed by atoms with Crippen molar-refractivity contribution in [1.82, 2.24) is 0 Å². The van der Waals surface area contributed by atoms with E-state index in [0.717, 1.165) is 0 Å². The third-order valence-electron chi connectivity index (χ3n) is 2.80. The van der Waals surface area contributed by atoms with E-state index in [1.165, 1.54) is 51.5 Å². The molecule has 0 saturated carbocycles. The van der Waals surface area contributed by atoms with Crippen LogP contribution in [-0.2, 0) is 6.54 Å². The molecule has 0 aliphatic carbocycles. The zero-order chi connectivity index (χ0) is 10.8. The normalized spacial score (nSPS) is 9.81. The van der Waals surface area contributed by atoms with Gasteiger partial charge in [-0.15, -0.1) is 0 Å². The number of hydrogen-bond donors (Lipinski definition) is 0. The quantitative estimate of drug-likeness (QED) is 0.453. The van der Waals surface area contributed by atoms with Gasteiger partial charge in [-0.05, 0) is 6.42 Å². The topological polar surface area (TPSA) is 3.88 Å². The zero-order valence-corrected chi connectivity index (χ0v) is 10.4. The average Bonchev–Trinajstić information content (AvgIpc) is 2.29. The molecule has 1 rings (SSSR count). The van der Waals surface area contributed by atoms with E-state index in [1.54, 1.807) is 0 Å². The van der Waals surface area contributed by atoms with Crippen molar-refractivity contribution in [3.8, 4) is 0 Å². The fraction of sp³-hybridized carbons (Fsp3) is 0.643. The van der Waals surface area contributed by atoms with E-state index in [4.69, 9.17) is 0 Å². The Labute approximate surface area is 98.9 Å². The predicted molar refractivity (Wildman–Crippen MR) is 64.6 cm³/mol. The molecule has 0 aromatic carbocycles. The molecule has 0 fully saturated rings. The molecule has 1 nitrogen and oxygen atoms in total. The Morgan fingerprint density at radius 3 is 1.94 bits per heavy atom. The minimum Gasteiger partial charge on any atom is -1.00 e. The van der Waals surface area contributed by atoms with Crippen molar-refractivity contribution in [1.29, 1.82) is 0 Å². The van der Waals surface area contributed by atoms with Gasteiger partial charge in [0.25, 0.3) is 0 Å². The maximum atomic E-state index is 2.27. The van der Waals surface area contributed by atoms with Crippen molar-refractivity contribution in [3.63, 3.8) is 0 Å². The van der Waals surface area contributed by atoms with Crippen LogP contribution in [0, 0.1) is 0 Å². The van der Waals surface area contributed by atoms with Crippen LogP contribution in [0.15, 0.2) is 30.6 Å². The molecule has 2 heteroatoms. The number of aromatic nitrogens is 1. The lowest BCUT2D eigenvalue weighted by Crippen LogP contribution is -3.00. The Morgan fingerprint density at radius 1 is 0.750 bits per heavy atom. The average molecular weight is 225 g/mol. The van der Waals surface area contributed by atoms with Gasteiger partial charge in [0, 0.05) is 18.6 Å². The summed E-state index contributed by atoms with van der Waals surface area (Å²) in [5.74, 6) is 0. The Hall–Kier alpha value is -0.920. The number of nitrogens with zero attached hydrogens (tertiary/aromatic N) is 1. The molecule has 1 heterocycles. The van der Waals surface area contributed by atoms with Crippen LogP contribution in [0.1, 0.15) is 51.9 Å². The molecule has 0 N–H and O–H groups in total. The van der Waals surface area contributed by atoms with Gasteiger partial charge in [0.2, 0.25) is 0 Å². The van der Waals surface area contributed by atoms with Crippen LogP contribution in [0.5, 0.6) is 0 Å². The summed E-state index contributed by atoms with van der Waals surface area (Å²) in [7, 11) is 0. The summed E-state index contributed by atoms with van der Waals surface area (Å²) in [5.41, 5.74) is 0. The Morgan fingerprint density at radius 2 is 1.31 bits per heavy atom. The first-order valence-corrected chi connectivity index (χ1v) is 6.37. The molecule has 0 atom stereocenters. The van der Waals surface area contributed by atoms with Crippen LogP contribution in [0.3, 0.4) is 0 Å². The number of halogens is 1. The van der Waals surface area contributed by atoms with Crippen LogP contribution >= 0.6 is 0 Å². The monoisotopic (exact) mass is 225 g/mol. The van der Waals surface area contributed by atoms with E-state index < -0.39 is 0 Å². The molecule has 16 heavy (non-hydrogen) atoms. The van der Waals surface area contributed by atoms with Crippen LogP contribution in [0.4, 0.5) is 0 Å². The van der Waals surface area contributed by atoms with Crippen LogP contribution in [0.25, 0.3) is 0 Å². The van der Waals surface area contributed by atoms with Crippen LogP contribution in [-0.4, -0.2) is 0 Å². The SMILES string of the molecule is CCCCCCCCC[n+]1ccccc1.[F-]. The highest BCUT2D eigenvalue weighted by molar-refractivity contribution is 4.83. The third-order valence-corrected chi connectivity index (χ3v) is 2.80. The smallest absolute Gasteiger partial charge is 0.168 e. The van der Waals surface area contributed by atoms with Crippen molar-refractivity contribution in [2.75, 3.05) is 0 Å². The van der Waals surface area contributed by atoms with Gasteiger partial charge < -0.3 is 4.70 Å². The molecule has 0 spiro atoms. The second-order valence-corrected chi connectivity index (χ2v) is 4.23. The van der Waals surface area contributed by atoms with E-state index in [-0.39, 0.29) is 4.70 Å². The molecule has 0 aliphatic rings. The van der Waals surface area contributed by atoms with E-state index >= 15 is 0 Å². The van der Waals surface area contributed by atoms with Gasteiger partial charge in [0.15, 0.2) is 12.4 Å². The van der Waals surface area contributed by atoms with Crippen molar-refractivity contribution >= 4 is 0 Å². The lowest BCUT2D eigenvalue weighted by Gasteiger charge is -1.99. The number of hydrogen-bond acceptors (Lipinski definition) is 0. The first kappa shape index (κ1) is 15.1. The van der Waals surface area contributed by atoms with Crippen LogP contribution in [0.2, 0.25) is 0 Å². The summed E-state index contributed by atoms with van der Waals surface area (Å²) in [5, 5.41) is 0. The molecule has 0 amide bonds. The number of pyridine rings is 1. The van der Waals surface area contributed by atoms with Gasteiger partial charge in [-0.1, -0.05) is 45.1 Å². The Bertz CT molecular complexity index is 236. The molecule has 0 radical (unpaired) electrons. The van der Waals surface area contributed by atoms with Crippen molar-refractivity contribution in [2.24, 2.45) is 0 Å². The highest BCUT2D eigenvalue weighted by Crippen LogP contribution is 2.06. The molecule has 0 bridgehead atoms. The highest BCUT2D eigenvalue weighted by atomic mass is 19.0. The van der Waals surface area contributed by atoms with Crippen molar-refractivity contribution in [3.05, 3.63) is 30.6 Å². The van der Waals surface area contributed by atoms with Gasteiger partial charge in [0.1, 0.15) is 6.54 Å². The van der Waals surface area contributed by atoms with Gasteiger partial charge in [-0.25, -0.2) is 4.57 Å². The van der Waals surface area contributed by atoms with E-state index in [9.17, 15) is 0 Å². The van der Waals surface area contributed by atoms with E-state index in [0.29, 0.717) is 0 Å². The molecule has 92 valence electrons. The summed E-state index contributed by atoms with van der Waals surface area (Å²) in [6.07, 6.45) is 14.0. The first-order chi connectivity index (χ1) is 7.43. The molecule has 1 aromatic rings. The number of rotatable bonds is 8. The van der Waals surface area contributed by atoms with Crippen LogP contribution < -0.4 is 9.27 Å². The second kappa shape index (κ2) is 10.6. The van der Waals surface area contributed by atoms with Crippen molar-refractivity contribution in [2.45, 2.75) is 58.4 Å². The van der Waals surface area contributed by atoms with Crippen molar-refractivity contribution < 1.29 is 9.27 Å². The zero-order valence-electron chi connectivity index (χ0n) is 10.4. The summed E-state index contributed by atoms with van der Waals surface area (Å²) in [6.45, 7) is 3.45. The van der Waals surface area contributed by atoms with Gasteiger partial charge in [-0.2, -0.15) is 0 Å². The largest absolute Gasteiger partial charge is 1.00 e. The molecular weight excluding hydrogens is 201 g/mol. The maximum Gasteiger partial charge on any atom is 0.168 e. The Balaban J connectivity index is 0.00000225. The number of aryl methyl sites for hydroxylation is 1. The summed E-state index contributed by atoms with van der Waals surface area (Å²) < 4.78 is 2.27. The summed E-state index contributed by atoms with van der Waals surface area (Å²) in [4.78, 5) is 0. The maximum absolute atomic E-state index is 2.27. The fourth-order valence-electron chi connectivity index (χ4n) is 1.83. The fourth-order valence-corrected chi connectivity index (χ4v) is 1.83. The lowest BCUT2D eigenvalue weighted by molar-refractivity contribution is -0.697. The first-order valence-electron chi connectivity index (χ1n) is 6.37. The minimum absolute atomic E-state index is 0. The second-order valence-electron chi connectivity index (χ2n) is 4.23.